The highest BCUT2D eigenvalue weighted by atomic mass is 19.1. The lowest BCUT2D eigenvalue weighted by Gasteiger charge is -2.10. The number of Topliss-reactive ketones (excluding diaryl/α,β-unsaturated/α-hetero) is 1. The van der Waals surface area contributed by atoms with Crippen molar-refractivity contribution in [2.45, 2.75) is 13.3 Å². The predicted octanol–water partition coefficient (Wildman–Crippen LogP) is 3.27. The SMILES string of the molecule is CCC(=O)c1cc(C(=O)OC)ccc1-c1ccncc1F. The van der Waals surface area contributed by atoms with Gasteiger partial charge in [-0.1, -0.05) is 13.0 Å². The Morgan fingerprint density at radius 1 is 1.24 bits per heavy atom. The maximum Gasteiger partial charge on any atom is 0.337 e. The number of carbonyl (C=O) groups is 2. The van der Waals surface area contributed by atoms with E-state index in [-0.39, 0.29) is 23.3 Å². The van der Waals surface area contributed by atoms with Crippen molar-refractivity contribution in [3.05, 3.63) is 53.6 Å². The highest BCUT2D eigenvalue weighted by Gasteiger charge is 2.17. The number of esters is 1. The topological polar surface area (TPSA) is 56.3 Å². The highest BCUT2D eigenvalue weighted by molar-refractivity contribution is 6.04. The monoisotopic (exact) mass is 287 g/mol. The Morgan fingerprint density at radius 3 is 2.62 bits per heavy atom. The van der Waals surface area contributed by atoms with Crippen LogP contribution in [0.1, 0.15) is 34.1 Å². The molecule has 5 heteroatoms. The van der Waals surface area contributed by atoms with E-state index in [0.717, 1.165) is 6.20 Å². The summed E-state index contributed by atoms with van der Waals surface area (Å²) >= 11 is 0. The Hall–Kier alpha value is -2.56. The molecule has 4 nitrogen and oxygen atoms in total. The van der Waals surface area contributed by atoms with E-state index < -0.39 is 11.8 Å². The molecule has 0 saturated carbocycles. The molecule has 0 aliphatic heterocycles. The van der Waals surface area contributed by atoms with Crippen LogP contribution >= 0.6 is 0 Å². The molecule has 0 aliphatic carbocycles. The van der Waals surface area contributed by atoms with Gasteiger partial charge in [-0.05, 0) is 23.8 Å². The molecule has 0 amide bonds. The molecule has 1 aromatic heterocycles. The minimum atomic E-state index is -0.540. The van der Waals surface area contributed by atoms with Crippen molar-refractivity contribution in [3.8, 4) is 11.1 Å². The molecule has 0 radical (unpaired) electrons. The summed E-state index contributed by atoms with van der Waals surface area (Å²) in [5, 5.41) is 0. The molecule has 0 aliphatic rings. The fourth-order valence-electron chi connectivity index (χ4n) is 2.04. The Bertz CT molecular complexity index is 698. The third-order valence-corrected chi connectivity index (χ3v) is 3.12. The molecule has 0 bridgehead atoms. The summed E-state index contributed by atoms with van der Waals surface area (Å²) in [5.74, 6) is -1.23. The van der Waals surface area contributed by atoms with Crippen LogP contribution in [0, 0.1) is 5.82 Å². The van der Waals surface area contributed by atoms with E-state index in [1.165, 1.54) is 31.5 Å². The lowest BCUT2D eigenvalue weighted by atomic mass is 9.94. The van der Waals surface area contributed by atoms with Crippen LogP contribution in [0.5, 0.6) is 0 Å². The first-order valence-electron chi connectivity index (χ1n) is 6.44. The molecule has 0 unspecified atom stereocenters. The predicted molar refractivity (Wildman–Crippen MR) is 75.6 cm³/mol. The van der Waals surface area contributed by atoms with Crippen molar-refractivity contribution in [2.75, 3.05) is 7.11 Å². The number of pyridine rings is 1. The molecular weight excluding hydrogens is 273 g/mol. The lowest BCUT2D eigenvalue weighted by molar-refractivity contribution is 0.0600. The Labute approximate surface area is 121 Å². The number of ether oxygens (including phenoxy) is 1. The number of benzene rings is 1. The maximum atomic E-state index is 13.9. The second kappa shape index (κ2) is 6.26. The first-order chi connectivity index (χ1) is 10.1. The van der Waals surface area contributed by atoms with E-state index in [1.54, 1.807) is 13.0 Å². The van der Waals surface area contributed by atoms with Gasteiger partial charge in [0.05, 0.1) is 18.9 Å². The first kappa shape index (κ1) is 14.8. The van der Waals surface area contributed by atoms with Crippen LogP contribution in [-0.2, 0) is 4.74 Å². The largest absolute Gasteiger partial charge is 0.465 e. The minimum absolute atomic E-state index is 0.174. The number of aromatic nitrogens is 1. The van der Waals surface area contributed by atoms with Crippen LogP contribution in [-0.4, -0.2) is 23.8 Å². The number of rotatable bonds is 4. The Balaban J connectivity index is 2.63. The lowest BCUT2D eigenvalue weighted by Crippen LogP contribution is -2.06. The number of hydrogen-bond acceptors (Lipinski definition) is 4. The van der Waals surface area contributed by atoms with Gasteiger partial charge in [-0.15, -0.1) is 0 Å². The zero-order valence-corrected chi connectivity index (χ0v) is 11.7. The van der Waals surface area contributed by atoms with Crippen molar-refractivity contribution in [2.24, 2.45) is 0 Å². The van der Waals surface area contributed by atoms with Gasteiger partial charge in [0.1, 0.15) is 5.82 Å². The van der Waals surface area contributed by atoms with Gasteiger partial charge in [0.25, 0.3) is 0 Å². The smallest absolute Gasteiger partial charge is 0.337 e. The van der Waals surface area contributed by atoms with Crippen LogP contribution in [0.4, 0.5) is 4.39 Å². The summed E-state index contributed by atoms with van der Waals surface area (Å²) in [7, 11) is 1.26. The van der Waals surface area contributed by atoms with Crippen molar-refractivity contribution in [3.63, 3.8) is 0 Å². The van der Waals surface area contributed by atoms with E-state index in [9.17, 15) is 14.0 Å². The normalized spacial score (nSPS) is 10.2. The van der Waals surface area contributed by atoms with Gasteiger partial charge in [0.2, 0.25) is 0 Å². The molecule has 0 atom stereocenters. The van der Waals surface area contributed by atoms with Gasteiger partial charge in [-0.3, -0.25) is 9.78 Å². The van der Waals surface area contributed by atoms with Crippen molar-refractivity contribution >= 4 is 11.8 Å². The van der Waals surface area contributed by atoms with Gasteiger partial charge in [-0.2, -0.15) is 0 Å². The number of halogens is 1. The number of ketones is 1. The quantitative estimate of drug-likeness (QED) is 0.639. The van der Waals surface area contributed by atoms with E-state index in [4.69, 9.17) is 0 Å². The first-order valence-corrected chi connectivity index (χ1v) is 6.44. The zero-order valence-electron chi connectivity index (χ0n) is 11.7. The molecule has 21 heavy (non-hydrogen) atoms. The second-order valence-electron chi connectivity index (χ2n) is 4.38. The van der Waals surface area contributed by atoms with E-state index in [2.05, 4.69) is 9.72 Å². The minimum Gasteiger partial charge on any atom is -0.465 e. The van der Waals surface area contributed by atoms with E-state index >= 15 is 0 Å². The molecule has 2 rings (SSSR count). The summed E-state index contributed by atoms with van der Waals surface area (Å²) in [6, 6.07) is 5.99. The van der Waals surface area contributed by atoms with E-state index in [0.29, 0.717) is 11.1 Å². The summed E-state index contributed by atoms with van der Waals surface area (Å²) in [5.41, 5.74) is 1.27. The fourth-order valence-corrected chi connectivity index (χ4v) is 2.04. The maximum absolute atomic E-state index is 13.9. The third kappa shape index (κ3) is 2.97. The summed E-state index contributed by atoms with van der Waals surface area (Å²) in [6.07, 6.45) is 2.79. The van der Waals surface area contributed by atoms with Crippen LogP contribution in [0.15, 0.2) is 36.7 Å². The molecule has 1 heterocycles. The van der Waals surface area contributed by atoms with Crippen LogP contribution in [0.3, 0.4) is 0 Å². The second-order valence-corrected chi connectivity index (χ2v) is 4.38. The van der Waals surface area contributed by atoms with E-state index in [1.807, 2.05) is 0 Å². The molecule has 1 aromatic carbocycles. The molecule has 0 spiro atoms. The molecule has 0 saturated heterocycles. The van der Waals surface area contributed by atoms with Gasteiger partial charge >= 0.3 is 5.97 Å². The highest BCUT2D eigenvalue weighted by Crippen LogP contribution is 2.28. The summed E-state index contributed by atoms with van der Waals surface area (Å²) < 4.78 is 18.5. The summed E-state index contributed by atoms with van der Waals surface area (Å²) in [6.45, 7) is 1.71. The molecule has 0 fully saturated rings. The Kier molecular flexibility index (Phi) is 4.42. The molecule has 108 valence electrons. The number of carbonyl (C=O) groups excluding carboxylic acids is 2. The zero-order chi connectivity index (χ0) is 15.4. The van der Waals surface area contributed by atoms with Gasteiger partial charge < -0.3 is 4.74 Å². The van der Waals surface area contributed by atoms with Crippen LogP contribution in [0.2, 0.25) is 0 Å². The van der Waals surface area contributed by atoms with Crippen LogP contribution in [0.25, 0.3) is 11.1 Å². The van der Waals surface area contributed by atoms with Crippen molar-refractivity contribution in [1.29, 1.82) is 0 Å². The van der Waals surface area contributed by atoms with Gasteiger partial charge in [0, 0.05) is 23.7 Å². The van der Waals surface area contributed by atoms with Crippen molar-refractivity contribution < 1.29 is 18.7 Å². The number of methoxy groups -OCH3 is 1. The molecule has 2 aromatic rings. The van der Waals surface area contributed by atoms with Crippen LogP contribution < -0.4 is 0 Å². The van der Waals surface area contributed by atoms with Gasteiger partial charge in [0.15, 0.2) is 5.78 Å². The van der Waals surface area contributed by atoms with Crippen molar-refractivity contribution in [1.82, 2.24) is 4.98 Å². The van der Waals surface area contributed by atoms with Gasteiger partial charge in [-0.25, -0.2) is 9.18 Å². The molecule has 0 N–H and O–H groups in total. The Morgan fingerprint density at radius 2 is 2.00 bits per heavy atom. The third-order valence-electron chi connectivity index (χ3n) is 3.12. The number of nitrogens with zero attached hydrogens (tertiary/aromatic N) is 1. The number of hydrogen-bond donors (Lipinski definition) is 0. The average Bonchev–Trinajstić information content (AvgIpc) is 2.53. The standard InChI is InChI=1S/C16H14FNO3/c1-3-15(19)13-8-10(16(20)21-2)4-5-11(13)12-6-7-18-9-14(12)17/h4-9H,3H2,1-2H3. The molecular formula is C16H14FNO3. The fraction of sp³-hybridized carbons (Fsp3) is 0.188. The summed E-state index contributed by atoms with van der Waals surface area (Å²) in [4.78, 5) is 27.4. The average molecular weight is 287 g/mol.